The first-order valence-corrected chi connectivity index (χ1v) is 13.8. The zero-order valence-electron chi connectivity index (χ0n) is 19.6. The highest BCUT2D eigenvalue weighted by Crippen LogP contribution is 2.75. The Morgan fingerprint density at radius 3 is 1.51 bits per heavy atom. The number of rotatable bonds is 3. The predicted octanol–water partition coefficient (Wildman–Crippen LogP) is 9.04. The number of alkyl halides is 6. The van der Waals surface area contributed by atoms with Crippen LogP contribution in [0.2, 0.25) is 0 Å². The van der Waals surface area contributed by atoms with Crippen LogP contribution in [0.25, 0.3) is 9.81 Å². The number of benzene rings is 2. The molecule has 2 atom stereocenters. The molecule has 1 saturated carbocycles. The quantitative estimate of drug-likeness (QED) is 0.291. The SMILES string of the molecule is CC12SC(c3ccccc3)=CC1=C1C(=C3C=C(c4ccc(CS)cc4)SC32C)C(F)(F)C(F)(F)C1(F)F. The van der Waals surface area contributed by atoms with Crippen molar-refractivity contribution < 1.29 is 26.3 Å². The fourth-order valence-electron chi connectivity index (χ4n) is 5.57. The molecule has 0 radical (unpaired) electrons. The smallest absolute Gasteiger partial charge is 0.194 e. The van der Waals surface area contributed by atoms with Gasteiger partial charge in [0.15, 0.2) is 0 Å². The molecule has 0 amide bonds. The van der Waals surface area contributed by atoms with Gasteiger partial charge in [-0.25, -0.2) is 0 Å². The lowest BCUT2D eigenvalue weighted by Gasteiger charge is -2.47. The summed E-state index contributed by atoms with van der Waals surface area (Å²) in [6.07, 6.45) is 2.81. The highest BCUT2D eigenvalue weighted by Gasteiger charge is 2.84. The van der Waals surface area contributed by atoms with E-state index in [-0.39, 0.29) is 11.1 Å². The number of hydrogen-bond acceptors (Lipinski definition) is 3. The molecule has 37 heavy (non-hydrogen) atoms. The van der Waals surface area contributed by atoms with Gasteiger partial charge in [-0.15, -0.1) is 23.5 Å². The Morgan fingerprint density at radius 2 is 1.08 bits per heavy atom. The van der Waals surface area contributed by atoms with Crippen LogP contribution in [0, 0.1) is 0 Å². The molecule has 9 heteroatoms. The van der Waals surface area contributed by atoms with Gasteiger partial charge >= 0.3 is 17.8 Å². The van der Waals surface area contributed by atoms with Gasteiger partial charge in [-0.2, -0.15) is 39.0 Å². The summed E-state index contributed by atoms with van der Waals surface area (Å²) in [5.74, 6) is -15.1. The second-order valence-electron chi connectivity index (χ2n) is 9.81. The third-order valence-corrected chi connectivity index (χ3v) is 11.5. The molecule has 2 aliphatic heterocycles. The molecule has 0 saturated heterocycles. The summed E-state index contributed by atoms with van der Waals surface area (Å²) in [6.45, 7) is 3.39. The molecule has 0 bridgehead atoms. The van der Waals surface area contributed by atoms with Crippen LogP contribution in [0.3, 0.4) is 0 Å². The molecule has 192 valence electrons. The molecule has 2 heterocycles. The Bertz CT molecular complexity index is 1450. The van der Waals surface area contributed by atoms with Gasteiger partial charge in [-0.3, -0.25) is 0 Å². The molecular formula is C28H20F6S3. The van der Waals surface area contributed by atoms with E-state index in [4.69, 9.17) is 0 Å². The Kier molecular flexibility index (Phi) is 5.33. The normalized spacial score (nSPS) is 30.6. The largest absolute Gasteiger partial charge is 0.380 e. The monoisotopic (exact) mass is 566 g/mol. The second kappa shape index (κ2) is 7.79. The lowest BCUT2D eigenvalue weighted by atomic mass is 9.71. The number of thiol groups is 1. The summed E-state index contributed by atoms with van der Waals surface area (Å²) >= 11 is 6.77. The van der Waals surface area contributed by atoms with Crippen LogP contribution in [0.4, 0.5) is 26.3 Å². The van der Waals surface area contributed by atoms with Gasteiger partial charge in [0, 0.05) is 26.7 Å². The van der Waals surface area contributed by atoms with Crippen molar-refractivity contribution in [1.29, 1.82) is 0 Å². The number of thioether (sulfide) groups is 2. The van der Waals surface area contributed by atoms with Gasteiger partial charge < -0.3 is 0 Å². The van der Waals surface area contributed by atoms with E-state index in [0.717, 1.165) is 5.56 Å². The highest BCUT2D eigenvalue weighted by molar-refractivity contribution is 8.14. The molecule has 1 fully saturated rings. The topological polar surface area (TPSA) is 0 Å². The zero-order valence-corrected chi connectivity index (χ0v) is 22.1. The predicted molar refractivity (Wildman–Crippen MR) is 142 cm³/mol. The Hall–Kier alpha value is -1.97. The maximum atomic E-state index is 15.4. The maximum Gasteiger partial charge on any atom is 0.380 e. The van der Waals surface area contributed by atoms with Gasteiger partial charge in [-0.05, 0) is 53.8 Å². The molecule has 0 spiro atoms. The molecule has 6 rings (SSSR count). The molecule has 2 aromatic carbocycles. The fraction of sp³-hybridized carbons (Fsp3) is 0.286. The van der Waals surface area contributed by atoms with E-state index >= 15 is 17.6 Å². The van der Waals surface area contributed by atoms with Crippen molar-refractivity contribution >= 4 is 46.0 Å². The van der Waals surface area contributed by atoms with Gasteiger partial charge in [0.2, 0.25) is 0 Å². The lowest BCUT2D eigenvalue weighted by Crippen LogP contribution is -2.48. The van der Waals surface area contributed by atoms with Gasteiger partial charge in [0.25, 0.3) is 0 Å². The van der Waals surface area contributed by atoms with Crippen LogP contribution >= 0.6 is 36.2 Å². The summed E-state index contributed by atoms with van der Waals surface area (Å²) < 4.78 is 88.9. The van der Waals surface area contributed by atoms with E-state index in [2.05, 4.69) is 12.6 Å². The van der Waals surface area contributed by atoms with E-state index in [0.29, 0.717) is 26.7 Å². The molecule has 0 nitrogen and oxygen atoms in total. The van der Waals surface area contributed by atoms with Crippen LogP contribution in [0.15, 0.2) is 89.0 Å². The van der Waals surface area contributed by atoms with Crippen LogP contribution in [0.1, 0.15) is 30.5 Å². The maximum absolute atomic E-state index is 15.4. The molecule has 0 N–H and O–H groups in total. The third kappa shape index (κ3) is 3.05. The molecule has 2 aliphatic carbocycles. The minimum atomic E-state index is -5.56. The lowest BCUT2D eigenvalue weighted by molar-refractivity contribution is -0.258. The first kappa shape index (κ1) is 25.3. The number of allylic oxidation sites excluding steroid dienone is 4. The molecule has 0 aromatic heterocycles. The molecule has 2 aromatic rings. The molecule has 2 unspecified atom stereocenters. The average molecular weight is 567 g/mol. The minimum absolute atomic E-state index is 0.160. The Morgan fingerprint density at radius 1 is 0.649 bits per heavy atom. The zero-order chi connectivity index (χ0) is 26.6. The summed E-state index contributed by atoms with van der Waals surface area (Å²) in [4.78, 5) is 1.15. The number of fused-ring (bicyclic) bond motifs is 4. The minimum Gasteiger partial charge on any atom is -0.194 e. The van der Waals surface area contributed by atoms with Crippen LogP contribution in [-0.2, 0) is 5.75 Å². The molecular weight excluding hydrogens is 546 g/mol. The van der Waals surface area contributed by atoms with Crippen molar-refractivity contribution in [1.82, 2.24) is 0 Å². The number of hydrogen-bond donors (Lipinski definition) is 1. The summed E-state index contributed by atoms with van der Waals surface area (Å²) in [7, 11) is 0. The highest BCUT2D eigenvalue weighted by atomic mass is 32.2. The fourth-order valence-corrected chi connectivity index (χ4v) is 8.92. The number of halogens is 6. The van der Waals surface area contributed by atoms with Crippen LogP contribution < -0.4 is 0 Å². The third-order valence-electron chi connectivity index (χ3n) is 7.80. The Balaban J connectivity index is 1.63. The van der Waals surface area contributed by atoms with Gasteiger partial charge in [0.1, 0.15) is 0 Å². The van der Waals surface area contributed by atoms with E-state index in [1.807, 2.05) is 12.1 Å². The second-order valence-corrected chi connectivity index (χ2v) is 13.0. The van der Waals surface area contributed by atoms with E-state index in [9.17, 15) is 8.78 Å². The van der Waals surface area contributed by atoms with Gasteiger partial charge in [-0.1, -0.05) is 54.6 Å². The van der Waals surface area contributed by atoms with E-state index in [1.165, 1.54) is 35.7 Å². The summed E-state index contributed by atoms with van der Waals surface area (Å²) in [5.41, 5.74) is -0.441. The standard InChI is InChI=1S/C28H20F6S3/c1-24-18(12-20(36-24)16-6-4-3-5-7-16)22-23(27(31,32)28(33,34)26(22,29)30)19-13-21(37-25(19,24)2)17-10-8-15(14-35)9-11-17/h3-13,35H,14H2,1-2H3. The first-order chi connectivity index (χ1) is 17.3. The van der Waals surface area contributed by atoms with Crippen molar-refractivity contribution in [3.05, 3.63) is 106 Å². The summed E-state index contributed by atoms with van der Waals surface area (Å²) in [5, 5.41) is 0. The molecule has 4 aliphatic rings. The first-order valence-electron chi connectivity index (χ1n) is 11.5. The van der Waals surface area contributed by atoms with Crippen LogP contribution in [0.5, 0.6) is 0 Å². The van der Waals surface area contributed by atoms with Crippen molar-refractivity contribution in [3.8, 4) is 0 Å². The average Bonchev–Trinajstić information content (AvgIpc) is 3.44. The van der Waals surface area contributed by atoms with E-state index in [1.54, 1.807) is 56.3 Å². The van der Waals surface area contributed by atoms with E-state index < -0.39 is 38.4 Å². The Labute approximate surface area is 224 Å². The van der Waals surface area contributed by atoms with Crippen molar-refractivity contribution in [2.75, 3.05) is 0 Å². The van der Waals surface area contributed by atoms with Crippen molar-refractivity contribution in [3.63, 3.8) is 0 Å². The van der Waals surface area contributed by atoms with Gasteiger partial charge in [0.05, 0.1) is 9.49 Å². The van der Waals surface area contributed by atoms with Crippen LogP contribution in [-0.4, -0.2) is 27.3 Å². The summed E-state index contributed by atoms with van der Waals surface area (Å²) in [6, 6.07) is 16.2. The van der Waals surface area contributed by atoms with Crippen molar-refractivity contribution in [2.45, 2.75) is 46.9 Å². The van der Waals surface area contributed by atoms with Crippen molar-refractivity contribution in [2.24, 2.45) is 0 Å².